The number of hydrogen-bond acceptors (Lipinski definition) is 3. The summed E-state index contributed by atoms with van der Waals surface area (Å²) in [5.74, 6) is 3.11. The number of thioether (sulfide) groups is 1. The van der Waals surface area contributed by atoms with Gasteiger partial charge < -0.3 is 5.32 Å². The molecule has 0 aromatic heterocycles. The predicted octanol–water partition coefficient (Wildman–Crippen LogP) is 3.46. The van der Waals surface area contributed by atoms with Crippen LogP contribution in [0.15, 0.2) is 36.0 Å². The molecule has 2 nitrogen and oxygen atoms in total. The number of aryl methyl sites for hydroxylation is 1. The Morgan fingerprint density at radius 3 is 2.68 bits per heavy atom. The van der Waals surface area contributed by atoms with Crippen molar-refractivity contribution in [2.24, 2.45) is 0 Å². The normalized spacial score (nSPS) is 9.95. The minimum Gasteiger partial charge on any atom is -0.379 e. The molecule has 0 amide bonds. The Morgan fingerprint density at radius 2 is 2.00 bits per heavy atom. The van der Waals surface area contributed by atoms with E-state index in [9.17, 15) is 4.79 Å². The average Bonchev–Trinajstić information content (AvgIpc) is 2.46. The Morgan fingerprint density at radius 1 is 1.21 bits per heavy atom. The standard InChI is InChI=1S/C16H23NOS/c1-19-13-7-11-16(14-18)17-12-6-5-10-15-8-3-2-4-9-15/h2-4,8-9,17H,5-7,10-13H2,1H3. The van der Waals surface area contributed by atoms with Gasteiger partial charge in [-0.05, 0) is 49.7 Å². The van der Waals surface area contributed by atoms with Crippen LogP contribution in [0.4, 0.5) is 0 Å². The van der Waals surface area contributed by atoms with E-state index in [1.54, 1.807) is 0 Å². The molecule has 0 bridgehead atoms. The highest BCUT2D eigenvalue weighted by molar-refractivity contribution is 7.98. The zero-order valence-corrected chi connectivity index (χ0v) is 12.5. The second-order valence-electron chi connectivity index (χ2n) is 4.55. The van der Waals surface area contributed by atoms with Gasteiger partial charge in [0.15, 0.2) is 0 Å². The van der Waals surface area contributed by atoms with Crippen molar-refractivity contribution in [3.8, 4) is 0 Å². The van der Waals surface area contributed by atoms with Crippen molar-refractivity contribution in [2.75, 3.05) is 18.6 Å². The molecule has 0 heterocycles. The molecule has 1 rings (SSSR count). The molecule has 0 aliphatic rings. The first kappa shape index (κ1) is 15.9. The van der Waals surface area contributed by atoms with Gasteiger partial charge in [-0.3, -0.25) is 0 Å². The Balaban J connectivity index is 2.08. The first-order chi connectivity index (χ1) is 9.36. The smallest absolute Gasteiger partial charge is 0.145 e. The summed E-state index contributed by atoms with van der Waals surface area (Å²) in [7, 11) is 0. The van der Waals surface area contributed by atoms with Crippen LogP contribution in [0.3, 0.4) is 0 Å². The molecule has 0 saturated heterocycles. The molecule has 1 aromatic rings. The van der Waals surface area contributed by atoms with Crippen LogP contribution in [-0.4, -0.2) is 24.5 Å². The van der Waals surface area contributed by atoms with E-state index in [-0.39, 0.29) is 0 Å². The summed E-state index contributed by atoms with van der Waals surface area (Å²) in [5.41, 5.74) is 2.11. The van der Waals surface area contributed by atoms with Gasteiger partial charge in [-0.25, -0.2) is 4.79 Å². The van der Waals surface area contributed by atoms with Gasteiger partial charge in [-0.2, -0.15) is 11.8 Å². The van der Waals surface area contributed by atoms with Crippen molar-refractivity contribution in [1.29, 1.82) is 0 Å². The molecule has 1 N–H and O–H groups in total. The maximum atomic E-state index is 10.8. The quantitative estimate of drug-likeness (QED) is 0.524. The fourth-order valence-corrected chi connectivity index (χ4v) is 2.34. The largest absolute Gasteiger partial charge is 0.379 e. The van der Waals surface area contributed by atoms with Crippen molar-refractivity contribution in [3.63, 3.8) is 0 Å². The van der Waals surface area contributed by atoms with Crippen LogP contribution in [-0.2, 0) is 11.2 Å². The molecule has 0 fully saturated rings. The van der Waals surface area contributed by atoms with E-state index in [1.807, 2.05) is 23.8 Å². The maximum absolute atomic E-state index is 10.8. The zero-order chi connectivity index (χ0) is 13.8. The predicted molar refractivity (Wildman–Crippen MR) is 84.2 cm³/mol. The second kappa shape index (κ2) is 10.7. The zero-order valence-electron chi connectivity index (χ0n) is 11.7. The Labute approximate surface area is 120 Å². The van der Waals surface area contributed by atoms with Gasteiger partial charge in [-0.1, -0.05) is 30.3 Å². The minimum atomic E-state index is 0.730. The fourth-order valence-electron chi connectivity index (χ4n) is 1.91. The Kier molecular flexibility index (Phi) is 8.95. The third-order valence-electron chi connectivity index (χ3n) is 2.97. The van der Waals surface area contributed by atoms with Crippen molar-refractivity contribution >= 4 is 17.7 Å². The highest BCUT2D eigenvalue weighted by Crippen LogP contribution is 2.06. The van der Waals surface area contributed by atoms with Gasteiger partial charge in [0.1, 0.15) is 5.94 Å². The summed E-state index contributed by atoms with van der Waals surface area (Å²) >= 11 is 1.81. The molecule has 3 heteroatoms. The summed E-state index contributed by atoms with van der Waals surface area (Å²) < 4.78 is 0. The van der Waals surface area contributed by atoms with Crippen molar-refractivity contribution in [2.45, 2.75) is 32.1 Å². The van der Waals surface area contributed by atoms with Gasteiger partial charge >= 0.3 is 0 Å². The molecule has 0 radical (unpaired) electrons. The Bertz CT molecular complexity index is 385. The summed E-state index contributed by atoms with van der Waals surface area (Å²) in [4.78, 5) is 10.8. The molecule has 0 saturated carbocycles. The lowest BCUT2D eigenvalue weighted by Gasteiger charge is -2.07. The second-order valence-corrected chi connectivity index (χ2v) is 5.53. The van der Waals surface area contributed by atoms with E-state index in [4.69, 9.17) is 0 Å². The first-order valence-electron chi connectivity index (χ1n) is 6.87. The van der Waals surface area contributed by atoms with Crippen LogP contribution in [0.2, 0.25) is 0 Å². The summed E-state index contributed by atoms with van der Waals surface area (Å²) in [6, 6.07) is 10.5. The molecule has 0 aliphatic carbocycles. The van der Waals surface area contributed by atoms with Crippen molar-refractivity contribution < 1.29 is 4.79 Å². The molecule has 0 atom stereocenters. The van der Waals surface area contributed by atoms with E-state index in [2.05, 4.69) is 35.8 Å². The van der Waals surface area contributed by atoms with E-state index in [0.29, 0.717) is 0 Å². The van der Waals surface area contributed by atoms with Crippen LogP contribution in [0.5, 0.6) is 0 Å². The number of allylic oxidation sites excluding steroid dienone is 1. The molecule has 104 valence electrons. The van der Waals surface area contributed by atoms with Crippen LogP contribution in [0, 0.1) is 0 Å². The molecule has 0 unspecified atom stereocenters. The van der Waals surface area contributed by atoms with Crippen LogP contribution >= 0.6 is 11.8 Å². The number of carbonyl (C=O) groups excluding carboxylic acids is 1. The molecule has 1 aromatic carbocycles. The number of benzene rings is 1. The molecular weight excluding hydrogens is 254 g/mol. The lowest BCUT2D eigenvalue weighted by atomic mass is 10.1. The third-order valence-corrected chi connectivity index (χ3v) is 3.67. The maximum Gasteiger partial charge on any atom is 0.145 e. The number of nitrogens with one attached hydrogen (secondary N) is 1. The number of hydrogen-bond donors (Lipinski definition) is 1. The summed E-state index contributed by atoms with van der Waals surface area (Å²) in [6.45, 7) is 0.872. The lowest BCUT2D eigenvalue weighted by molar-refractivity contribution is 0.560. The van der Waals surface area contributed by atoms with E-state index < -0.39 is 0 Å². The highest BCUT2D eigenvalue weighted by atomic mass is 32.2. The van der Waals surface area contributed by atoms with Gasteiger partial charge in [0.2, 0.25) is 0 Å². The monoisotopic (exact) mass is 277 g/mol. The van der Waals surface area contributed by atoms with Crippen molar-refractivity contribution in [1.82, 2.24) is 5.32 Å². The third kappa shape index (κ3) is 7.76. The van der Waals surface area contributed by atoms with Crippen LogP contribution in [0.25, 0.3) is 0 Å². The highest BCUT2D eigenvalue weighted by Gasteiger charge is 1.98. The van der Waals surface area contributed by atoms with Gasteiger partial charge in [0.25, 0.3) is 0 Å². The summed E-state index contributed by atoms with van der Waals surface area (Å²) in [6.07, 6.45) is 7.29. The molecule has 0 aliphatic heterocycles. The van der Waals surface area contributed by atoms with Gasteiger partial charge in [-0.15, -0.1) is 0 Å². The average molecular weight is 277 g/mol. The van der Waals surface area contributed by atoms with E-state index >= 15 is 0 Å². The SMILES string of the molecule is CSCCCC(=C=O)NCCCCc1ccccc1. The summed E-state index contributed by atoms with van der Waals surface area (Å²) in [5, 5.41) is 3.20. The number of unbranched alkanes of at least 4 members (excludes halogenated alkanes) is 1. The first-order valence-corrected chi connectivity index (χ1v) is 8.27. The van der Waals surface area contributed by atoms with Gasteiger partial charge in [0, 0.05) is 6.54 Å². The molecule has 19 heavy (non-hydrogen) atoms. The number of rotatable bonds is 10. The van der Waals surface area contributed by atoms with Gasteiger partial charge in [0.05, 0.1) is 5.70 Å². The molecule has 0 spiro atoms. The fraction of sp³-hybridized carbons (Fsp3) is 0.500. The van der Waals surface area contributed by atoms with E-state index in [0.717, 1.165) is 50.1 Å². The topological polar surface area (TPSA) is 29.1 Å². The lowest BCUT2D eigenvalue weighted by Crippen LogP contribution is -2.15. The Hall–Kier alpha value is -1.18. The molecular formula is C16H23NOS. The minimum absolute atomic E-state index is 0.730. The van der Waals surface area contributed by atoms with Crippen molar-refractivity contribution in [3.05, 3.63) is 41.6 Å². The van der Waals surface area contributed by atoms with Crippen LogP contribution < -0.4 is 5.32 Å². The van der Waals surface area contributed by atoms with Crippen LogP contribution in [0.1, 0.15) is 31.2 Å². The van der Waals surface area contributed by atoms with E-state index in [1.165, 1.54) is 5.56 Å².